The molecule has 0 fully saturated rings. The van der Waals surface area contributed by atoms with E-state index in [0.29, 0.717) is 5.69 Å². The van der Waals surface area contributed by atoms with Gasteiger partial charge in [-0.05, 0) is 31.5 Å². The Kier molecular flexibility index (Phi) is 5.12. The van der Waals surface area contributed by atoms with Gasteiger partial charge in [-0.3, -0.25) is 9.59 Å². The number of carboxylic acids is 1. The monoisotopic (exact) mass is 368 g/mol. The molecule has 0 bridgehead atoms. The molecule has 1 aliphatic heterocycles. The molecule has 2 atom stereocenters. The summed E-state index contributed by atoms with van der Waals surface area (Å²) in [5.41, 5.74) is 1.42. The number of carbonyl (C=O) groups excluding carboxylic acids is 2. The Bertz CT molecular complexity index is 881. The number of ether oxygens (including phenoxy) is 1. The first kappa shape index (κ1) is 18.4. The molecule has 0 saturated heterocycles. The largest absolute Gasteiger partial charge is 0.480 e. The van der Waals surface area contributed by atoms with Crippen LogP contribution in [0.5, 0.6) is 5.75 Å². The lowest BCUT2D eigenvalue weighted by atomic mass is 10.1. The molecule has 27 heavy (non-hydrogen) atoms. The van der Waals surface area contributed by atoms with E-state index in [0.717, 1.165) is 5.56 Å². The molecule has 2 amide bonds. The predicted molar refractivity (Wildman–Crippen MR) is 98.6 cm³/mol. The van der Waals surface area contributed by atoms with Crippen molar-refractivity contribution in [3.63, 3.8) is 0 Å². The van der Waals surface area contributed by atoms with E-state index in [1.807, 2.05) is 30.3 Å². The van der Waals surface area contributed by atoms with Crippen LogP contribution >= 0.6 is 0 Å². The van der Waals surface area contributed by atoms with Crippen molar-refractivity contribution in [2.24, 2.45) is 0 Å². The van der Waals surface area contributed by atoms with Gasteiger partial charge in [0, 0.05) is 6.54 Å². The number of aliphatic carboxylic acids is 1. The van der Waals surface area contributed by atoms with Gasteiger partial charge in [0.05, 0.1) is 11.3 Å². The van der Waals surface area contributed by atoms with Gasteiger partial charge in [-0.25, -0.2) is 4.79 Å². The average molecular weight is 368 g/mol. The number of nitrogens with one attached hydrogen (secondary N) is 1. The number of fused-ring (bicyclic) bond motifs is 1. The minimum atomic E-state index is -1.10. The lowest BCUT2D eigenvalue weighted by Crippen LogP contribution is -2.43. The number of benzene rings is 2. The summed E-state index contributed by atoms with van der Waals surface area (Å²) in [5, 5.41) is 12.2. The Labute approximate surface area is 156 Å². The van der Waals surface area contributed by atoms with Crippen molar-refractivity contribution < 1.29 is 24.2 Å². The zero-order chi connectivity index (χ0) is 19.6. The highest BCUT2D eigenvalue weighted by Gasteiger charge is 2.32. The first-order valence-corrected chi connectivity index (χ1v) is 8.56. The quantitative estimate of drug-likeness (QED) is 0.845. The zero-order valence-corrected chi connectivity index (χ0v) is 15.0. The topological polar surface area (TPSA) is 95.9 Å². The molecule has 0 aliphatic carbocycles. The number of nitrogens with zero attached hydrogens (tertiary/aromatic N) is 1. The maximum Gasteiger partial charge on any atom is 0.326 e. The molecule has 0 saturated carbocycles. The number of hydrogen-bond acceptors (Lipinski definition) is 4. The number of rotatable bonds is 5. The molecule has 3 rings (SSSR count). The van der Waals surface area contributed by atoms with Crippen LogP contribution in [-0.4, -0.2) is 39.9 Å². The van der Waals surface area contributed by atoms with Crippen molar-refractivity contribution in [3.05, 3.63) is 59.7 Å². The van der Waals surface area contributed by atoms with Gasteiger partial charge in [-0.2, -0.15) is 0 Å². The van der Waals surface area contributed by atoms with Crippen LogP contribution in [0.1, 0.15) is 29.8 Å². The molecule has 7 nitrogen and oxygen atoms in total. The summed E-state index contributed by atoms with van der Waals surface area (Å²) >= 11 is 0. The molecule has 140 valence electrons. The van der Waals surface area contributed by atoms with E-state index >= 15 is 0 Å². The zero-order valence-electron chi connectivity index (χ0n) is 15.0. The van der Waals surface area contributed by atoms with Crippen molar-refractivity contribution in [2.75, 3.05) is 5.32 Å². The fourth-order valence-electron chi connectivity index (χ4n) is 2.85. The van der Waals surface area contributed by atoms with Gasteiger partial charge in [0.15, 0.2) is 11.9 Å². The van der Waals surface area contributed by atoms with Crippen LogP contribution in [0.4, 0.5) is 5.69 Å². The van der Waals surface area contributed by atoms with Crippen molar-refractivity contribution in [1.29, 1.82) is 0 Å². The number of para-hydroxylation sites is 1. The third kappa shape index (κ3) is 3.76. The fraction of sp³-hybridized carbons (Fsp3) is 0.250. The maximum atomic E-state index is 13.2. The molecular weight excluding hydrogens is 348 g/mol. The molecule has 0 radical (unpaired) electrons. The predicted octanol–water partition coefficient (Wildman–Crippen LogP) is 2.52. The first-order chi connectivity index (χ1) is 12.9. The number of hydrogen-bond donors (Lipinski definition) is 2. The normalized spacial score (nSPS) is 16.5. The Morgan fingerprint density at radius 3 is 2.56 bits per heavy atom. The number of amides is 2. The molecule has 2 aromatic carbocycles. The Hall–Kier alpha value is -3.35. The minimum absolute atomic E-state index is 0.138. The van der Waals surface area contributed by atoms with E-state index in [1.165, 1.54) is 11.8 Å². The Morgan fingerprint density at radius 1 is 1.19 bits per heavy atom. The third-order valence-corrected chi connectivity index (χ3v) is 4.45. The third-order valence-electron chi connectivity index (χ3n) is 4.45. The second-order valence-electron chi connectivity index (χ2n) is 6.36. The molecule has 0 aromatic heterocycles. The van der Waals surface area contributed by atoms with E-state index in [9.17, 15) is 19.5 Å². The number of anilines is 1. The van der Waals surface area contributed by atoms with Gasteiger partial charge in [-0.1, -0.05) is 36.4 Å². The fourth-order valence-corrected chi connectivity index (χ4v) is 2.85. The highest BCUT2D eigenvalue weighted by atomic mass is 16.5. The van der Waals surface area contributed by atoms with Gasteiger partial charge in [-0.15, -0.1) is 0 Å². The van der Waals surface area contributed by atoms with E-state index in [1.54, 1.807) is 25.1 Å². The molecular formula is C20H20N2O5. The number of carbonyl (C=O) groups is 3. The van der Waals surface area contributed by atoms with Crippen LogP contribution in [0, 0.1) is 0 Å². The molecule has 1 aliphatic rings. The summed E-state index contributed by atoms with van der Waals surface area (Å²) in [6.45, 7) is 3.18. The lowest BCUT2D eigenvalue weighted by molar-refractivity contribution is -0.141. The second-order valence-corrected chi connectivity index (χ2v) is 6.36. The highest BCUT2D eigenvalue weighted by Crippen LogP contribution is 2.34. The van der Waals surface area contributed by atoms with Crippen LogP contribution in [0.2, 0.25) is 0 Å². The Balaban J connectivity index is 1.98. The maximum absolute atomic E-state index is 13.2. The van der Waals surface area contributed by atoms with Crippen molar-refractivity contribution in [2.45, 2.75) is 32.5 Å². The first-order valence-electron chi connectivity index (χ1n) is 8.56. The van der Waals surface area contributed by atoms with Gasteiger partial charge in [0.2, 0.25) is 0 Å². The molecule has 2 unspecified atom stereocenters. The summed E-state index contributed by atoms with van der Waals surface area (Å²) in [7, 11) is 0. The molecule has 1 heterocycles. The van der Waals surface area contributed by atoms with Crippen molar-refractivity contribution in [3.8, 4) is 5.75 Å². The number of carboxylic acid groups (broad SMARTS) is 1. The highest BCUT2D eigenvalue weighted by molar-refractivity contribution is 6.04. The van der Waals surface area contributed by atoms with E-state index in [2.05, 4.69) is 5.32 Å². The lowest BCUT2D eigenvalue weighted by Gasteiger charge is -2.30. The van der Waals surface area contributed by atoms with E-state index in [4.69, 9.17) is 4.74 Å². The standard InChI is InChI=1S/C20H20N2O5/c1-12(20(25)26)22(11-14-7-4-3-5-8-14)19(24)15-9-6-10-16-17(15)27-13(2)18(23)21-16/h3-10,12-13H,11H2,1-2H3,(H,21,23)(H,25,26). The van der Waals surface area contributed by atoms with Gasteiger partial charge in [0.1, 0.15) is 6.04 Å². The van der Waals surface area contributed by atoms with Crippen LogP contribution in [0.3, 0.4) is 0 Å². The van der Waals surface area contributed by atoms with E-state index < -0.39 is 24.0 Å². The van der Waals surface area contributed by atoms with Crippen LogP contribution in [-0.2, 0) is 16.1 Å². The van der Waals surface area contributed by atoms with E-state index in [-0.39, 0.29) is 23.8 Å². The summed E-state index contributed by atoms with van der Waals surface area (Å²) in [4.78, 5) is 37.9. The van der Waals surface area contributed by atoms with Gasteiger partial charge in [0.25, 0.3) is 11.8 Å². The molecule has 0 spiro atoms. The van der Waals surface area contributed by atoms with Gasteiger partial charge >= 0.3 is 5.97 Å². The Morgan fingerprint density at radius 2 is 1.89 bits per heavy atom. The summed E-state index contributed by atoms with van der Waals surface area (Å²) in [6, 6.07) is 12.9. The summed E-state index contributed by atoms with van der Waals surface area (Å²) in [5.74, 6) is -1.63. The smallest absolute Gasteiger partial charge is 0.326 e. The molecule has 2 N–H and O–H groups in total. The SMILES string of the molecule is CC1Oc2c(cccc2C(=O)N(Cc2ccccc2)C(C)C(=O)O)NC1=O. The average Bonchev–Trinajstić information content (AvgIpc) is 2.66. The summed E-state index contributed by atoms with van der Waals surface area (Å²) in [6.07, 6.45) is -0.745. The van der Waals surface area contributed by atoms with Crippen molar-refractivity contribution in [1.82, 2.24) is 4.90 Å². The molecule has 2 aromatic rings. The van der Waals surface area contributed by atoms with Gasteiger partial charge < -0.3 is 20.1 Å². The summed E-state index contributed by atoms with van der Waals surface area (Å²) < 4.78 is 5.63. The van der Waals surface area contributed by atoms with Crippen LogP contribution < -0.4 is 10.1 Å². The minimum Gasteiger partial charge on any atom is -0.480 e. The van der Waals surface area contributed by atoms with Crippen molar-refractivity contribution >= 4 is 23.5 Å². The van der Waals surface area contributed by atoms with Crippen LogP contribution in [0.25, 0.3) is 0 Å². The molecule has 7 heteroatoms. The second kappa shape index (κ2) is 7.49. The van der Waals surface area contributed by atoms with Crippen LogP contribution in [0.15, 0.2) is 48.5 Å².